The summed E-state index contributed by atoms with van der Waals surface area (Å²) < 4.78 is 0. The molecule has 0 aliphatic heterocycles. The minimum Gasteiger partial charge on any atom is -0.301 e. The maximum atomic E-state index is 10.3. The Labute approximate surface area is 74.4 Å². The molecule has 0 aliphatic rings. The van der Waals surface area contributed by atoms with Crippen molar-refractivity contribution in [3.8, 4) is 0 Å². The third-order valence-electron chi connectivity index (χ3n) is 1.60. The van der Waals surface area contributed by atoms with Crippen LogP contribution in [0.2, 0.25) is 0 Å². The van der Waals surface area contributed by atoms with E-state index in [4.69, 9.17) is 4.84 Å². The summed E-state index contributed by atoms with van der Waals surface area (Å²) in [5.41, 5.74) is 2.68. The zero-order valence-electron chi connectivity index (χ0n) is 8.09. The first-order valence-corrected chi connectivity index (χ1v) is 4.47. The van der Waals surface area contributed by atoms with Gasteiger partial charge in [-0.15, -0.1) is 0 Å². The van der Waals surface area contributed by atoms with Crippen LogP contribution in [0.4, 0.5) is 0 Å². The van der Waals surface area contributed by atoms with E-state index in [2.05, 4.69) is 12.4 Å². The molecular weight excluding hydrogens is 154 g/mol. The summed E-state index contributed by atoms with van der Waals surface area (Å²) in [7, 11) is 0. The second-order valence-corrected chi connectivity index (χ2v) is 3.16. The quantitative estimate of drug-likeness (QED) is 0.466. The average molecular weight is 172 g/mol. The van der Waals surface area contributed by atoms with Crippen molar-refractivity contribution in [2.75, 3.05) is 6.61 Å². The Morgan fingerprint density at radius 1 is 1.50 bits per heavy atom. The highest BCUT2D eigenvalue weighted by atomic mass is 16.6. The van der Waals surface area contributed by atoms with Gasteiger partial charge in [0, 0.05) is 0 Å². The summed E-state index contributed by atoms with van der Waals surface area (Å²) >= 11 is 0. The first-order valence-electron chi connectivity index (χ1n) is 4.47. The number of nitrogens with one attached hydrogen (secondary N) is 1. The molecule has 0 spiro atoms. The number of rotatable bonds is 7. The van der Waals surface area contributed by atoms with Crippen molar-refractivity contribution in [1.82, 2.24) is 5.48 Å². The lowest BCUT2D eigenvalue weighted by molar-refractivity contribution is 0.0194. The molecule has 0 saturated heterocycles. The van der Waals surface area contributed by atoms with E-state index < -0.39 is 0 Å². The standard InChI is InChI=1S/C9H18NO2/c1-4-5-6-12-10-9(7-11)8(2)3/h8-10H,4-6H2,1-3H3/t9-/m1/s1. The summed E-state index contributed by atoms with van der Waals surface area (Å²) in [4.78, 5) is 15.4. The molecule has 0 amide bonds. The van der Waals surface area contributed by atoms with Crippen LogP contribution in [0.1, 0.15) is 33.6 Å². The normalized spacial score (nSPS) is 13.3. The molecule has 0 fully saturated rings. The fourth-order valence-corrected chi connectivity index (χ4v) is 0.661. The van der Waals surface area contributed by atoms with Gasteiger partial charge in [0.2, 0.25) is 6.29 Å². The number of hydrogen-bond acceptors (Lipinski definition) is 3. The molecule has 0 saturated carbocycles. The van der Waals surface area contributed by atoms with Crippen molar-refractivity contribution in [2.45, 2.75) is 39.7 Å². The summed E-state index contributed by atoms with van der Waals surface area (Å²) in [6.45, 7) is 6.65. The van der Waals surface area contributed by atoms with Crippen LogP contribution >= 0.6 is 0 Å². The molecule has 1 N–H and O–H groups in total. The average Bonchev–Trinajstić information content (AvgIpc) is 2.04. The Bertz CT molecular complexity index is 115. The summed E-state index contributed by atoms with van der Waals surface area (Å²) in [6.07, 6.45) is 4.00. The topological polar surface area (TPSA) is 38.3 Å². The van der Waals surface area contributed by atoms with Crippen molar-refractivity contribution in [3.63, 3.8) is 0 Å². The summed E-state index contributed by atoms with van der Waals surface area (Å²) in [6, 6.07) is -0.304. The van der Waals surface area contributed by atoms with Gasteiger partial charge >= 0.3 is 0 Å². The van der Waals surface area contributed by atoms with Gasteiger partial charge in [-0.2, -0.15) is 5.48 Å². The summed E-state index contributed by atoms with van der Waals surface area (Å²) in [5.74, 6) is 0.226. The molecule has 3 heteroatoms. The van der Waals surface area contributed by atoms with Crippen molar-refractivity contribution in [3.05, 3.63) is 0 Å². The number of unbranched alkanes of at least 4 members (excludes halogenated alkanes) is 1. The second kappa shape index (κ2) is 7.25. The molecule has 0 aromatic rings. The molecule has 0 bridgehead atoms. The Kier molecular flexibility index (Phi) is 7.00. The maximum absolute atomic E-state index is 10.3. The van der Waals surface area contributed by atoms with Gasteiger partial charge < -0.3 is 4.84 Å². The minimum atomic E-state index is -0.304. The van der Waals surface area contributed by atoms with Crippen molar-refractivity contribution in [2.24, 2.45) is 5.92 Å². The molecule has 1 radical (unpaired) electrons. The van der Waals surface area contributed by atoms with Gasteiger partial charge in [0.25, 0.3) is 0 Å². The largest absolute Gasteiger partial charge is 0.301 e. The van der Waals surface area contributed by atoms with E-state index in [9.17, 15) is 4.79 Å². The molecule has 12 heavy (non-hydrogen) atoms. The molecule has 3 nitrogen and oxygen atoms in total. The lowest BCUT2D eigenvalue weighted by Crippen LogP contribution is -2.35. The first kappa shape index (κ1) is 11.6. The lowest BCUT2D eigenvalue weighted by atomic mass is 10.1. The fourth-order valence-electron chi connectivity index (χ4n) is 0.661. The number of hydrogen-bond donors (Lipinski definition) is 1. The Morgan fingerprint density at radius 3 is 2.58 bits per heavy atom. The highest BCUT2D eigenvalue weighted by Gasteiger charge is 2.11. The van der Waals surface area contributed by atoms with Crippen LogP contribution < -0.4 is 5.48 Å². The Morgan fingerprint density at radius 2 is 2.17 bits per heavy atom. The van der Waals surface area contributed by atoms with Crippen molar-refractivity contribution >= 4 is 6.29 Å². The highest BCUT2D eigenvalue weighted by molar-refractivity contribution is 5.58. The number of hydroxylamine groups is 1. The summed E-state index contributed by atoms with van der Waals surface area (Å²) in [5, 5.41) is 0. The van der Waals surface area contributed by atoms with E-state index in [1.807, 2.05) is 20.1 Å². The second-order valence-electron chi connectivity index (χ2n) is 3.16. The van der Waals surface area contributed by atoms with Crippen LogP contribution in [0.5, 0.6) is 0 Å². The molecule has 71 valence electrons. The minimum absolute atomic E-state index is 0.226. The van der Waals surface area contributed by atoms with E-state index in [0.717, 1.165) is 12.8 Å². The maximum Gasteiger partial charge on any atom is 0.219 e. The zero-order chi connectivity index (χ0) is 9.40. The fraction of sp³-hybridized carbons (Fsp3) is 0.889. The molecule has 0 aromatic carbocycles. The van der Waals surface area contributed by atoms with Gasteiger partial charge in [0.15, 0.2) is 0 Å². The van der Waals surface area contributed by atoms with Crippen molar-refractivity contribution < 1.29 is 9.63 Å². The van der Waals surface area contributed by atoms with E-state index in [-0.39, 0.29) is 12.0 Å². The molecule has 0 rings (SSSR count). The highest BCUT2D eigenvalue weighted by Crippen LogP contribution is 1.98. The van der Waals surface area contributed by atoms with E-state index >= 15 is 0 Å². The third kappa shape index (κ3) is 5.27. The van der Waals surface area contributed by atoms with Crippen molar-refractivity contribution in [1.29, 1.82) is 0 Å². The van der Waals surface area contributed by atoms with Gasteiger partial charge in [-0.25, -0.2) is 0 Å². The van der Waals surface area contributed by atoms with Crippen LogP contribution in [-0.4, -0.2) is 18.9 Å². The van der Waals surface area contributed by atoms with Crippen LogP contribution in [0.15, 0.2) is 0 Å². The van der Waals surface area contributed by atoms with E-state index in [0.29, 0.717) is 6.61 Å². The van der Waals surface area contributed by atoms with Gasteiger partial charge in [-0.3, -0.25) is 4.79 Å². The van der Waals surface area contributed by atoms with Gasteiger partial charge in [-0.1, -0.05) is 27.2 Å². The van der Waals surface area contributed by atoms with Gasteiger partial charge in [0.05, 0.1) is 6.61 Å². The molecule has 1 atom stereocenters. The first-order chi connectivity index (χ1) is 5.72. The van der Waals surface area contributed by atoms with Crippen LogP contribution in [0.25, 0.3) is 0 Å². The van der Waals surface area contributed by atoms with E-state index in [1.54, 1.807) is 0 Å². The Balaban J connectivity index is 3.38. The molecular formula is C9H18NO2. The molecule has 0 aromatic heterocycles. The predicted octanol–water partition coefficient (Wildman–Crippen LogP) is 1.44. The Hall–Kier alpha value is -0.410. The number of carbonyl (C=O) groups excluding carboxylic acids is 1. The molecule has 0 aliphatic carbocycles. The monoisotopic (exact) mass is 172 g/mol. The predicted molar refractivity (Wildman–Crippen MR) is 48.3 cm³/mol. The zero-order valence-corrected chi connectivity index (χ0v) is 8.09. The van der Waals surface area contributed by atoms with Crippen LogP contribution in [0.3, 0.4) is 0 Å². The SMILES string of the molecule is CCCCON[C@H]([C]=O)C(C)C. The lowest BCUT2D eigenvalue weighted by Gasteiger charge is -2.14. The van der Waals surface area contributed by atoms with Gasteiger partial charge in [0.1, 0.15) is 6.04 Å². The van der Waals surface area contributed by atoms with Crippen LogP contribution in [0, 0.1) is 5.92 Å². The van der Waals surface area contributed by atoms with Gasteiger partial charge in [-0.05, 0) is 12.3 Å². The molecule has 0 heterocycles. The third-order valence-corrected chi connectivity index (χ3v) is 1.60. The smallest absolute Gasteiger partial charge is 0.219 e. The van der Waals surface area contributed by atoms with Crippen LogP contribution in [-0.2, 0) is 9.63 Å². The van der Waals surface area contributed by atoms with E-state index in [1.165, 1.54) is 0 Å². The molecule has 0 unspecified atom stereocenters.